The maximum absolute atomic E-state index is 11.9. The molecular weight excluding hydrogens is 280 g/mol. The minimum atomic E-state index is -0.244. The summed E-state index contributed by atoms with van der Waals surface area (Å²) >= 11 is 0. The molecule has 5 nitrogen and oxygen atoms in total. The van der Waals surface area contributed by atoms with Gasteiger partial charge in [0.05, 0.1) is 14.2 Å². The van der Waals surface area contributed by atoms with Gasteiger partial charge in [0.2, 0.25) is 5.91 Å². The van der Waals surface area contributed by atoms with Crippen LogP contribution < -0.4 is 14.8 Å². The Morgan fingerprint density at radius 2 is 1.91 bits per heavy atom. The smallest absolute Gasteiger partial charge is 0.249 e. The Morgan fingerprint density at radius 3 is 2.55 bits per heavy atom. The van der Waals surface area contributed by atoms with E-state index in [2.05, 4.69) is 10.3 Å². The molecule has 1 amide bonds. The first kappa shape index (κ1) is 15.6. The zero-order valence-corrected chi connectivity index (χ0v) is 12.8. The van der Waals surface area contributed by atoms with Crippen LogP contribution in [0.3, 0.4) is 0 Å². The van der Waals surface area contributed by atoms with Crippen LogP contribution in [0.1, 0.15) is 11.1 Å². The molecule has 0 aliphatic heterocycles. The summed E-state index contributed by atoms with van der Waals surface area (Å²) in [5.41, 5.74) is 1.88. The molecule has 22 heavy (non-hydrogen) atoms. The largest absolute Gasteiger partial charge is 0.493 e. The van der Waals surface area contributed by atoms with Gasteiger partial charge in [-0.1, -0.05) is 12.1 Å². The molecule has 0 atom stereocenters. The predicted molar refractivity (Wildman–Crippen MR) is 86.2 cm³/mol. The fourth-order valence-electron chi connectivity index (χ4n) is 1.84. The normalized spacial score (nSPS) is 10.5. The maximum atomic E-state index is 11.9. The summed E-state index contributed by atoms with van der Waals surface area (Å²) in [5, 5.41) is 2.70. The summed E-state index contributed by atoms with van der Waals surface area (Å²) in [6.45, 7) is 1.94. The van der Waals surface area contributed by atoms with Crippen molar-refractivity contribution in [3.05, 3.63) is 53.7 Å². The average molecular weight is 298 g/mol. The van der Waals surface area contributed by atoms with Gasteiger partial charge in [-0.25, -0.2) is 4.98 Å². The zero-order chi connectivity index (χ0) is 15.9. The molecule has 1 aromatic carbocycles. The van der Waals surface area contributed by atoms with Crippen LogP contribution in [-0.2, 0) is 4.79 Å². The van der Waals surface area contributed by atoms with Crippen molar-refractivity contribution in [1.29, 1.82) is 0 Å². The van der Waals surface area contributed by atoms with E-state index in [1.54, 1.807) is 44.7 Å². The summed E-state index contributed by atoms with van der Waals surface area (Å²) in [7, 11) is 3.15. The molecule has 2 rings (SSSR count). The lowest BCUT2D eigenvalue weighted by molar-refractivity contribution is -0.111. The van der Waals surface area contributed by atoms with Gasteiger partial charge in [-0.15, -0.1) is 0 Å². The van der Waals surface area contributed by atoms with Crippen LogP contribution >= 0.6 is 0 Å². The summed E-state index contributed by atoms with van der Waals surface area (Å²) in [6, 6.07) is 9.08. The first-order valence-electron chi connectivity index (χ1n) is 6.76. The Hall–Kier alpha value is -2.82. The number of nitrogens with one attached hydrogen (secondary N) is 1. The lowest BCUT2D eigenvalue weighted by atomic mass is 10.2. The van der Waals surface area contributed by atoms with E-state index in [-0.39, 0.29) is 5.91 Å². The quantitative estimate of drug-likeness (QED) is 0.862. The van der Waals surface area contributed by atoms with Gasteiger partial charge in [-0.3, -0.25) is 4.79 Å². The zero-order valence-electron chi connectivity index (χ0n) is 12.8. The Kier molecular flexibility index (Phi) is 5.14. The van der Waals surface area contributed by atoms with E-state index < -0.39 is 0 Å². The number of rotatable bonds is 5. The van der Waals surface area contributed by atoms with Crippen molar-refractivity contribution in [3.63, 3.8) is 0 Å². The van der Waals surface area contributed by atoms with Crippen LogP contribution in [0.15, 0.2) is 42.6 Å². The van der Waals surface area contributed by atoms with Crippen molar-refractivity contribution in [2.75, 3.05) is 19.5 Å². The van der Waals surface area contributed by atoms with E-state index in [0.717, 1.165) is 11.1 Å². The fourth-order valence-corrected chi connectivity index (χ4v) is 1.84. The van der Waals surface area contributed by atoms with Crippen LogP contribution in [0, 0.1) is 6.92 Å². The molecule has 0 aliphatic carbocycles. The van der Waals surface area contributed by atoms with Gasteiger partial charge < -0.3 is 14.8 Å². The van der Waals surface area contributed by atoms with Gasteiger partial charge in [0, 0.05) is 12.3 Å². The highest BCUT2D eigenvalue weighted by molar-refractivity contribution is 6.01. The monoisotopic (exact) mass is 298 g/mol. The van der Waals surface area contributed by atoms with Crippen molar-refractivity contribution in [2.45, 2.75) is 6.92 Å². The first-order valence-corrected chi connectivity index (χ1v) is 6.76. The minimum absolute atomic E-state index is 0.244. The molecule has 0 unspecified atom stereocenters. The topological polar surface area (TPSA) is 60.5 Å². The predicted octanol–water partition coefficient (Wildman–Crippen LogP) is 3.06. The molecule has 1 aromatic heterocycles. The average Bonchev–Trinajstić information content (AvgIpc) is 2.54. The van der Waals surface area contributed by atoms with Crippen molar-refractivity contribution in [1.82, 2.24) is 4.98 Å². The van der Waals surface area contributed by atoms with E-state index >= 15 is 0 Å². The molecule has 0 aliphatic rings. The van der Waals surface area contributed by atoms with Crippen LogP contribution in [0.25, 0.3) is 6.08 Å². The number of aromatic nitrogens is 1. The lowest BCUT2D eigenvalue weighted by Gasteiger charge is -2.07. The number of pyridine rings is 1. The first-order chi connectivity index (χ1) is 10.6. The van der Waals surface area contributed by atoms with Gasteiger partial charge in [-0.2, -0.15) is 0 Å². The van der Waals surface area contributed by atoms with E-state index in [1.807, 2.05) is 19.1 Å². The summed E-state index contributed by atoms with van der Waals surface area (Å²) < 4.78 is 10.4. The number of aryl methyl sites for hydroxylation is 1. The van der Waals surface area contributed by atoms with Crippen molar-refractivity contribution in [3.8, 4) is 11.5 Å². The standard InChI is InChI=1S/C17H18N2O3/c1-12-4-8-16(18-11-12)19-17(20)9-6-13-5-7-14(21-2)15(10-13)22-3/h4-11H,1-3H3,(H,18,19,20)/b9-6+. The number of hydrogen-bond acceptors (Lipinski definition) is 4. The third kappa shape index (κ3) is 4.09. The lowest BCUT2D eigenvalue weighted by Crippen LogP contribution is -2.08. The number of carbonyl (C=O) groups is 1. The minimum Gasteiger partial charge on any atom is -0.493 e. The third-order valence-electron chi connectivity index (χ3n) is 3.00. The molecule has 0 bridgehead atoms. The second-order valence-electron chi connectivity index (χ2n) is 4.66. The highest BCUT2D eigenvalue weighted by Crippen LogP contribution is 2.27. The number of ether oxygens (including phenoxy) is 2. The Bertz CT molecular complexity index is 679. The summed E-state index contributed by atoms with van der Waals surface area (Å²) in [4.78, 5) is 16.0. The molecule has 0 saturated carbocycles. The number of anilines is 1. The Labute approximate surface area is 129 Å². The summed E-state index contributed by atoms with van der Waals surface area (Å²) in [5.74, 6) is 1.54. The van der Waals surface area contributed by atoms with E-state index in [1.165, 1.54) is 6.08 Å². The van der Waals surface area contributed by atoms with Crippen LogP contribution in [0.2, 0.25) is 0 Å². The van der Waals surface area contributed by atoms with E-state index in [4.69, 9.17) is 9.47 Å². The highest BCUT2D eigenvalue weighted by atomic mass is 16.5. The Balaban J connectivity index is 2.04. The number of benzene rings is 1. The van der Waals surface area contributed by atoms with Crippen molar-refractivity contribution >= 4 is 17.8 Å². The number of nitrogens with zero attached hydrogens (tertiary/aromatic N) is 1. The second kappa shape index (κ2) is 7.26. The number of carbonyl (C=O) groups excluding carboxylic acids is 1. The van der Waals surface area contributed by atoms with Gasteiger partial charge >= 0.3 is 0 Å². The second-order valence-corrected chi connectivity index (χ2v) is 4.66. The van der Waals surface area contributed by atoms with Crippen LogP contribution in [0.4, 0.5) is 5.82 Å². The highest BCUT2D eigenvalue weighted by Gasteiger charge is 2.03. The van der Waals surface area contributed by atoms with Gasteiger partial charge in [0.15, 0.2) is 11.5 Å². The molecule has 1 heterocycles. The molecule has 114 valence electrons. The number of methoxy groups -OCH3 is 2. The van der Waals surface area contributed by atoms with Crippen LogP contribution in [-0.4, -0.2) is 25.1 Å². The van der Waals surface area contributed by atoms with E-state index in [9.17, 15) is 4.79 Å². The molecule has 0 fully saturated rings. The van der Waals surface area contributed by atoms with Gasteiger partial charge in [0.1, 0.15) is 5.82 Å². The van der Waals surface area contributed by atoms with Gasteiger partial charge in [-0.05, 0) is 42.3 Å². The van der Waals surface area contributed by atoms with Crippen LogP contribution in [0.5, 0.6) is 11.5 Å². The maximum Gasteiger partial charge on any atom is 0.249 e. The molecule has 0 radical (unpaired) electrons. The number of hydrogen-bond donors (Lipinski definition) is 1. The fraction of sp³-hybridized carbons (Fsp3) is 0.176. The van der Waals surface area contributed by atoms with Gasteiger partial charge in [0.25, 0.3) is 0 Å². The third-order valence-corrected chi connectivity index (χ3v) is 3.00. The molecule has 1 N–H and O–H groups in total. The molecular formula is C17H18N2O3. The van der Waals surface area contributed by atoms with E-state index in [0.29, 0.717) is 17.3 Å². The van der Waals surface area contributed by atoms with Crippen molar-refractivity contribution < 1.29 is 14.3 Å². The molecule has 0 spiro atoms. The van der Waals surface area contributed by atoms with Crippen molar-refractivity contribution in [2.24, 2.45) is 0 Å². The molecule has 2 aromatic rings. The summed E-state index contributed by atoms with van der Waals surface area (Å²) in [6.07, 6.45) is 4.85. The Morgan fingerprint density at radius 1 is 1.14 bits per heavy atom. The molecule has 0 saturated heterocycles. The number of amides is 1. The SMILES string of the molecule is COc1ccc(/C=C/C(=O)Nc2ccc(C)cn2)cc1OC. The molecule has 5 heteroatoms.